The maximum atomic E-state index is 12.7. The number of halogens is 1. The lowest BCUT2D eigenvalue weighted by molar-refractivity contribution is -0.132. The number of rotatable bonds is 6. The normalized spacial score (nSPS) is 15.1. The minimum Gasteiger partial charge on any atom is -0.457 e. The van der Waals surface area contributed by atoms with Crippen molar-refractivity contribution >= 4 is 24.3 Å². The number of carbonyl (C=O) groups excluding carboxylic acids is 2. The quantitative estimate of drug-likeness (QED) is 0.669. The number of primary amides is 1. The smallest absolute Gasteiger partial charge is 0.312 e. The highest BCUT2D eigenvalue weighted by Gasteiger charge is 2.25. The van der Waals surface area contributed by atoms with Crippen LogP contribution in [0, 0.1) is 0 Å². The zero-order valence-electron chi connectivity index (χ0n) is 16.1. The molecule has 1 heterocycles. The first-order chi connectivity index (χ1) is 13.5. The summed E-state index contributed by atoms with van der Waals surface area (Å²) < 4.78 is 5.85. The summed E-state index contributed by atoms with van der Waals surface area (Å²) in [5.41, 5.74) is 12.0. The lowest BCUT2D eigenvalue weighted by atomic mass is 10.0. The molecule has 7 nitrogen and oxygen atoms in total. The van der Waals surface area contributed by atoms with Gasteiger partial charge in [-0.15, -0.1) is 12.4 Å². The molecule has 0 aromatic heterocycles. The van der Waals surface area contributed by atoms with Crippen molar-refractivity contribution in [2.75, 3.05) is 13.1 Å². The minimum absolute atomic E-state index is 0. The highest BCUT2D eigenvalue weighted by molar-refractivity contribution is 5.85. The van der Waals surface area contributed by atoms with E-state index in [4.69, 9.17) is 16.2 Å². The molecule has 0 saturated carbocycles. The van der Waals surface area contributed by atoms with Crippen molar-refractivity contribution in [3.63, 3.8) is 0 Å². The Hall–Kier alpha value is -2.77. The average Bonchev–Trinajstić information content (AvgIpc) is 2.68. The van der Waals surface area contributed by atoms with E-state index in [9.17, 15) is 9.59 Å². The van der Waals surface area contributed by atoms with Gasteiger partial charge in [-0.25, -0.2) is 4.79 Å². The van der Waals surface area contributed by atoms with E-state index in [2.05, 4.69) is 5.32 Å². The summed E-state index contributed by atoms with van der Waals surface area (Å²) in [5, 5.41) is 2.68. The number of hydrogen-bond donors (Lipinski definition) is 3. The highest BCUT2D eigenvalue weighted by Crippen LogP contribution is 2.26. The highest BCUT2D eigenvalue weighted by atomic mass is 35.5. The molecule has 2 aromatic carbocycles. The molecule has 3 rings (SSSR count). The van der Waals surface area contributed by atoms with Crippen molar-refractivity contribution in [1.29, 1.82) is 0 Å². The molecular weight excluding hydrogens is 392 g/mol. The molecule has 156 valence electrons. The second-order valence-corrected chi connectivity index (χ2v) is 6.97. The monoisotopic (exact) mass is 418 g/mol. The van der Waals surface area contributed by atoms with Crippen LogP contribution < -0.4 is 21.5 Å². The number of carbonyl (C=O) groups is 2. The van der Waals surface area contributed by atoms with Crippen LogP contribution >= 0.6 is 12.4 Å². The Morgan fingerprint density at radius 3 is 2.38 bits per heavy atom. The molecule has 5 N–H and O–H groups in total. The lowest BCUT2D eigenvalue weighted by Gasteiger charge is -2.31. The van der Waals surface area contributed by atoms with Crippen LogP contribution in [0.15, 0.2) is 54.6 Å². The number of nitrogens with zero attached hydrogens (tertiary/aromatic N) is 1. The number of ether oxygens (including phenoxy) is 1. The van der Waals surface area contributed by atoms with Gasteiger partial charge in [0.25, 0.3) is 0 Å². The Kier molecular flexibility index (Phi) is 8.30. The summed E-state index contributed by atoms with van der Waals surface area (Å²) in [4.78, 5) is 26.0. The second kappa shape index (κ2) is 10.7. The van der Waals surface area contributed by atoms with Gasteiger partial charge in [0, 0.05) is 19.1 Å². The molecule has 29 heavy (non-hydrogen) atoms. The van der Waals surface area contributed by atoms with Gasteiger partial charge in [0.15, 0.2) is 0 Å². The molecule has 0 radical (unpaired) electrons. The zero-order chi connectivity index (χ0) is 19.9. The number of urea groups is 1. The van der Waals surface area contributed by atoms with Crippen LogP contribution in [0.3, 0.4) is 0 Å². The average molecular weight is 419 g/mol. The summed E-state index contributed by atoms with van der Waals surface area (Å²) in [7, 11) is 0. The van der Waals surface area contributed by atoms with Crippen LogP contribution in [0.1, 0.15) is 30.9 Å². The maximum absolute atomic E-state index is 12.7. The van der Waals surface area contributed by atoms with Gasteiger partial charge < -0.3 is 26.4 Å². The molecule has 0 bridgehead atoms. The molecule has 0 aliphatic carbocycles. The summed E-state index contributed by atoms with van der Waals surface area (Å²) in [6.45, 7) is 1.28. The molecule has 2 aromatic rings. The van der Waals surface area contributed by atoms with E-state index in [0.29, 0.717) is 24.6 Å². The van der Waals surface area contributed by atoms with E-state index >= 15 is 0 Å². The number of nitrogens with one attached hydrogen (secondary N) is 1. The predicted molar refractivity (Wildman–Crippen MR) is 114 cm³/mol. The van der Waals surface area contributed by atoms with E-state index < -0.39 is 12.1 Å². The number of para-hydroxylation sites is 1. The number of amides is 3. The topological polar surface area (TPSA) is 111 Å². The summed E-state index contributed by atoms with van der Waals surface area (Å²) in [6.07, 6.45) is 1.72. The van der Waals surface area contributed by atoms with Gasteiger partial charge in [-0.1, -0.05) is 30.3 Å². The Morgan fingerprint density at radius 2 is 1.72 bits per heavy atom. The van der Waals surface area contributed by atoms with Gasteiger partial charge >= 0.3 is 6.03 Å². The Balaban J connectivity index is 0.00000300. The first kappa shape index (κ1) is 22.5. The number of piperidine rings is 1. The van der Waals surface area contributed by atoms with Gasteiger partial charge in [-0.2, -0.15) is 0 Å². The van der Waals surface area contributed by atoms with Crippen LogP contribution in [0.25, 0.3) is 0 Å². The fourth-order valence-electron chi connectivity index (χ4n) is 3.30. The Morgan fingerprint density at radius 1 is 1.07 bits per heavy atom. The Bertz CT molecular complexity index is 811. The summed E-state index contributed by atoms with van der Waals surface area (Å²) in [6, 6.07) is 15.7. The van der Waals surface area contributed by atoms with Crippen LogP contribution in [-0.4, -0.2) is 36.0 Å². The van der Waals surface area contributed by atoms with Crippen molar-refractivity contribution in [3.05, 3.63) is 60.2 Å². The molecule has 1 saturated heterocycles. The number of hydrogen-bond acceptors (Lipinski definition) is 4. The van der Waals surface area contributed by atoms with Crippen molar-refractivity contribution in [2.24, 2.45) is 11.5 Å². The summed E-state index contributed by atoms with van der Waals surface area (Å²) in [5.74, 6) is 1.30. The molecule has 1 atom stereocenters. The van der Waals surface area contributed by atoms with Crippen molar-refractivity contribution in [2.45, 2.75) is 31.3 Å². The van der Waals surface area contributed by atoms with Crippen molar-refractivity contribution in [1.82, 2.24) is 10.2 Å². The van der Waals surface area contributed by atoms with Gasteiger partial charge in [0.1, 0.15) is 11.5 Å². The summed E-state index contributed by atoms with van der Waals surface area (Å²) >= 11 is 0. The van der Waals surface area contributed by atoms with Crippen LogP contribution in [-0.2, 0) is 4.79 Å². The van der Waals surface area contributed by atoms with Gasteiger partial charge in [0.2, 0.25) is 5.91 Å². The van der Waals surface area contributed by atoms with E-state index in [1.165, 1.54) is 0 Å². The fourth-order valence-corrected chi connectivity index (χ4v) is 3.30. The van der Waals surface area contributed by atoms with Crippen LogP contribution in [0.5, 0.6) is 11.5 Å². The number of benzene rings is 2. The molecule has 1 fully saturated rings. The lowest BCUT2D eigenvalue weighted by Crippen LogP contribution is -2.44. The fraction of sp³-hybridized carbons (Fsp3) is 0.333. The molecule has 1 aliphatic heterocycles. The molecule has 8 heteroatoms. The van der Waals surface area contributed by atoms with Crippen molar-refractivity contribution < 1.29 is 14.3 Å². The number of likely N-dealkylation sites (tertiary alicyclic amines) is 1. The maximum Gasteiger partial charge on any atom is 0.312 e. The second-order valence-electron chi connectivity index (χ2n) is 6.97. The third-order valence-electron chi connectivity index (χ3n) is 4.83. The van der Waals surface area contributed by atoms with E-state index in [0.717, 1.165) is 18.4 Å². The molecular formula is C21H27ClN4O3. The first-order valence-electron chi connectivity index (χ1n) is 9.43. The van der Waals surface area contributed by atoms with Crippen molar-refractivity contribution in [3.8, 4) is 11.5 Å². The molecule has 3 amide bonds. The van der Waals surface area contributed by atoms with E-state index in [-0.39, 0.29) is 30.8 Å². The number of nitrogens with two attached hydrogens (primary N) is 2. The SMILES string of the molecule is Cl.NC(=O)NC(CC(=O)N1CCC(N)CC1)c1cccc(Oc2ccccc2)c1. The van der Waals surface area contributed by atoms with Gasteiger partial charge in [-0.3, -0.25) is 4.79 Å². The predicted octanol–water partition coefficient (Wildman–Crippen LogP) is 2.95. The standard InChI is InChI=1S/C21H26N4O3.ClH/c22-16-9-11-25(12-10-16)20(26)14-19(24-21(23)27)15-5-4-8-18(13-15)28-17-6-2-1-3-7-17;/h1-8,13,16,19H,9-12,14,22H2,(H3,23,24,27);1H. The molecule has 1 aliphatic rings. The largest absolute Gasteiger partial charge is 0.457 e. The third-order valence-corrected chi connectivity index (χ3v) is 4.83. The molecule has 0 spiro atoms. The molecule has 1 unspecified atom stereocenters. The van der Waals surface area contributed by atoms with Crippen LogP contribution in [0.2, 0.25) is 0 Å². The first-order valence-corrected chi connectivity index (χ1v) is 9.43. The van der Waals surface area contributed by atoms with E-state index in [1.807, 2.05) is 54.6 Å². The minimum atomic E-state index is -0.673. The zero-order valence-corrected chi connectivity index (χ0v) is 16.9. The van der Waals surface area contributed by atoms with Gasteiger partial charge in [-0.05, 0) is 42.7 Å². The Labute approximate surface area is 176 Å². The van der Waals surface area contributed by atoms with Gasteiger partial charge in [0.05, 0.1) is 12.5 Å². The van der Waals surface area contributed by atoms with E-state index in [1.54, 1.807) is 4.90 Å². The van der Waals surface area contributed by atoms with Crippen LogP contribution in [0.4, 0.5) is 4.79 Å². The third kappa shape index (κ3) is 6.66.